The van der Waals surface area contributed by atoms with Crippen LogP contribution in [0.3, 0.4) is 0 Å². The number of nitrogens with zero attached hydrogens (tertiary/aromatic N) is 1. The molecule has 5 heteroatoms. The fraction of sp³-hybridized carbons (Fsp3) is 0.500. The van der Waals surface area contributed by atoms with Crippen LogP contribution in [0.5, 0.6) is 0 Å². The minimum atomic E-state index is -0.254. The number of benzene rings is 1. The Morgan fingerprint density at radius 3 is 2.63 bits per heavy atom. The largest absolute Gasteiger partial charge is 0.383 e. The van der Waals surface area contributed by atoms with Crippen molar-refractivity contribution in [2.75, 3.05) is 33.9 Å². The highest BCUT2D eigenvalue weighted by molar-refractivity contribution is 5.78. The maximum Gasteiger partial charge on any atom is 0.234 e. The number of ether oxygens (including phenoxy) is 1. The van der Waals surface area contributed by atoms with Gasteiger partial charge >= 0.3 is 0 Å². The van der Waals surface area contributed by atoms with Crippen LogP contribution >= 0.6 is 0 Å². The minimum Gasteiger partial charge on any atom is -0.383 e. The van der Waals surface area contributed by atoms with Crippen LogP contribution in [0.25, 0.3) is 0 Å². The van der Waals surface area contributed by atoms with E-state index in [1.54, 1.807) is 19.2 Å². The molecule has 1 aromatic carbocycles. The van der Waals surface area contributed by atoms with E-state index in [9.17, 15) is 9.18 Å². The lowest BCUT2D eigenvalue weighted by molar-refractivity contribution is -0.122. The number of carbonyl (C=O) groups excluding carboxylic acids is 1. The molecule has 0 saturated heterocycles. The molecule has 1 atom stereocenters. The van der Waals surface area contributed by atoms with Crippen molar-refractivity contribution in [1.29, 1.82) is 0 Å². The van der Waals surface area contributed by atoms with Gasteiger partial charge < -0.3 is 10.1 Å². The van der Waals surface area contributed by atoms with Gasteiger partial charge in [-0.3, -0.25) is 9.69 Å². The Labute approximate surface area is 113 Å². The smallest absolute Gasteiger partial charge is 0.234 e. The van der Waals surface area contributed by atoms with Crippen LogP contribution in [0.15, 0.2) is 24.3 Å². The number of halogens is 1. The molecule has 0 heterocycles. The summed E-state index contributed by atoms with van der Waals surface area (Å²) in [6.07, 6.45) is 0. The van der Waals surface area contributed by atoms with Crippen molar-refractivity contribution in [2.45, 2.75) is 13.0 Å². The number of rotatable bonds is 7. The lowest BCUT2D eigenvalue weighted by Crippen LogP contribution is -2.37. The van der Waals surface area contributed by atoms with Gasteiger partial charge in [-0.15, -0.1) is 0 Å². The van der Waals surface area contributed by atoms with Gasteiger partial charge in [-0.2, -0.15) is 0 Å². The van der Waals surface area contributed by atoms with Crippen LogP contribution in [-0.2, 0) is 9.53 Å². The molecular formula is C14H21FN2O2. The standard InChI is InChI=1S/C14H21FN2O2/c1-11(12-4-6-13(15)7-5-12)17(2)10-14(18)16-8-9-19-3/h4-7,11H,8-10H2,1-3H3,(H,16,18). The molecule has 0 saturated carbocycles. The van der Waals surface area contributed by atoms with Crippen LogP contribution < -0.4 is 5.32 Å². The van der Waals surface area contributed by atoms with Gasteiger partial charge in [0.05, 0.1) is 13.2 Å². The molecular weight excluding hydrogens is 247 g/mol. The maximum atomic E-state index is 12.8. The quantitative estimate of drug-likeness (QED) is 0.763. The molecule has 0 aromatic heterocycles. The summed E-state index contributed by atoms with van der Waals surface area (Å²) in [5.41, 5.74) is 0.980. The fourth-order valence-corrected chi connectivity index (χ4v) is 1.71. The first-order valence-corrected chi connectivity index (χ1v) is 6.26. The predicted octanol–water partition coefficient (Wildman–Crippen LogP) is 1.58. The van der Waals surface area contributed by atoms with Gasteiger partial charge in [0.1, 0.15) is 5.82 Å². The van der Waals surface area contributed by atoms with E-state index in [1.807, 2.05) is 18.9 Å². The number of methoxy groups -OCH3 is 1. The Morgan fingerprint density at radius 1 is 1.42 bits per heavy atom. The molecule has 1 unspecified atom stereocenters. The minimum absolute atomic E-state index is 0.0477. The van der Waals surface area contributed by atoms with Crippen molar-refractivity contribution < 1.29 is 13.9 Å². The number of carbonyl (C=O) groups is 1. The summed E-state index contributed by atoms with van der Waals surface area (Å²) in [7, 11) is 3.46. The van der Waals surface area contributed by atoms with Gasteiger partial charge in [0.15, 0.2) is 0 Å². The highest BCUT2D eigenvalue weighted by Gasteiger charge is 2.14. The van der Waals surface area contributed by atoms with Gasteiger partial charge in [-0.25, -0.2) is 4.39 Å². The van der Waals surface area contributed by atoms with E-state index in [1.165, 1.54) is 12.1 Å². The molecule has 0 radical (unpaired) electrons. The molecule has 0 aliphatic heterocycles. The molecule has 1 N–H and O–H groups in total. The predicted molar refractivity (Wildman–Crippen MR) is 72.3 cm³/mol. The number of hydrogen-bond acceptors (Lipinski definition) is 3. The Kier molecular flexibility index (Phi) is 6.45. The molecule has 1 amide bonds. The number of amides is 1. The molecule has 0 fully saturated rings. The third kappa shape index (κ3) is 5.36. The van der Waals surface area contributed by atoms with E-state index in [0.717, 1.165) is 5.56 Å². The zero-order chi connectivity index (χ0) is 14.3. The van der Waals surface area contributed by atoms with Crippen molar-refractivity contribution >= 4 is 5.91 Å². The fourth-order valence-electron chi connectivity index (χ4n) is 1.71. The van der Waals surface area contributed by atoms with Crippen molar-refractivity contribution in [2.24, 2.45) is 0 Å². The van der Waals surface area contributed by atoms with Crippen LogP contribution in [0.4, 0.5) is 4.39 Å². The topological polar surface area (TPSA) is 41.6 Å². The zero-order valence-corrected chi connectivity index (χ0v) is 11.6. The molecule has 4 nitrogen and oxygen atoms in total. The SMILES string of the molecule is COCCNC(=O)CN(C)C(C)c1ccc(F)cc1. The van der Waals surface area contributed by atoms with Crippen molar-refractivity contribution in [1.82, 2.24) is 10.2 Å². The maximum absolute atomic E-state index is 12.8. The lowest BCUT2D eigenvalue weighted by Gasteiger charge is -2.24. The van der Waals surface area contributed by atoms with Crippen LogP contribution in [-0.4, -0.2) is 44.7 Å². The Bertz CT molecular complexity index is 395. The average Bonchev–Trinajstić information content (AvgIpc) is 2.39. The van der Waals surface area contributed by atoms with Crippen molar-refractivity contribution in [3.05, 3.63) is 35.6 Å². The molecule has 19 heavy (non-hydrogen) atoms. The first-order chi connectivity index (χ1) is 9.04. The molecule has 106 valence electrons. The monoisotopic (exact) mass is 268 g/mol. The number of likely N-dealkylation sites (N-methyl/N-ethyl adjacent to an activating group) is 1. The van der Waals surface area contributed by atoms with Gasteiger partial charge in [0.2, 0.25) is 5.91 Å². The highest BCUT2D eigenvalue weighted by Crippen LogP contribution is 2.18. The van der Waals surface area contributed by atoms with Gasteiger partial charge in [0, 0.05) is 19.7 Å². The van der Waals surface area contributed by atoms with E-state index in [0.29, 0.717) is 19.7 Å². The normalized spacial score (nSPS) is 12.5. The molecule has 1 aromatic rings. The van der Waals surface area contributed by atoms with E-state index in [4.69, 9.17) is 4.74 Å². The van der Waals surface area contributed by atoms with Crippen LogP contribution in [0.1, 0.15) is 18.5 Å². The summed E-state index contributed by atoms with van der Waals surface area (Å²) >= 11 is 0. The third-order valence-corrected chi connectivity index (χ3v) is 3.03. The Hall–Kier alpha value is -1.46. The van der Waals surface area contributed by atoms with E-state index in [2.05, 4.69) is 5.32 Å². The first-order valence-electron chi connectivity index (χ1n) is 6.26. The summed E-state index contributed by atoms with van der Waals surface area (Å²) in [5, 5.41) is 2.76. The van der Waals surface area contributed by atoms with E-state index in [-0.39, 0.29) is 17.8 Å². The summed E-state index contributed by atoms with van der Waals surface area (Å²) in [5.74, 6) is -0.301. The Balaban J connectivity index is 2.46. The zero-order valence-electron chi connectivity index (χ0n) is 11.6. The second kappa shape index (κ2) is 7.86. The Morgan fingerprint density at radius 2 is 2.05 bits per heavy atom. The molecule has 0 aliphatic carbocycles. The molecule has 0 bridgehead atoms. The number of hydrogen-bond donors (Lipinski definition) is 1. The van der Waals surface area contributed by atoms with Crippen molar-refractivity contribution in [3.63, 3.8) is 0 Å². The second-order valence-corrected chi connectivity index (χ2v) is 4.49. The first kappa shape index (κ1) is 15.6. The summed E-state index contributed by atoms with van der Waals surface area (Å²) in [6.45, 7) is 3.29. The third-order valence-electron chi connectivity index (χ3n) is 3.03. The van der Waals surface area contributed by atoms with E-state index >= 15 is 0 Å². The van der Waals surface area contributed by atoms with Crippen molar-refractivity contribution in [3.8, 4) is 0 Å². The van der Waals surface area contributed by atoms with E-state index < -0.39 is 0 Å². The second-order valence-electron chi connectivity index (χ2n) is 4.49. The molecule has 0 aliphatic rings. The summed E-state index contributed by atoms with van der Waals surface area (Å²) in [4.78, 5) is 13.6. The molecule has 1 rings (SSSR count). The van der Waals surface area contributed by atoms with Crippen LogP contribution in [0.2, 0.25) is 0 Å². The van der Waals surface area contributed by atoms with Gasteiger partial charge in [-0.05, 0) is 31.7 Å². The molecule has 0 spiro atoms. The number of nitrogens with one attached hydrogen (secondary N) is 1. The lowest BCUT2D eigenvalue weighted by atomic mass is 10.1. The highest BCUT2D eigenvalue weighted by atomic mass is 19.1. The summed E-state index contributed by atoms with van der Waals surface area (Å²) < 4.78 is 17.7. The summed E-state index contributed by atoms with van der Waals surface area (Å²) in [6, 6.07) is 6.38. The average molecular weight is 268 g/mol. The van der Waals surface area contributed by atoms with Gasteiger partial charge in [-0.1, -0.05) is 12.1 Å². The van der Waals surface area contributed by atoms with Gasteiger partial charge in [0.25, 0.3) is 0 Å². The van der Waals surface area contributed by atoms with Crippen LogP contribution in [0, 0.1) is 5.82 Å².